The van der Waals surface area contributed by atoms with E-state index in [4.69, 9.17) is 0 Å². The molecule has 1 unspecified atom stereocenters. The van der Waals surface area contributed by atoms with Crippen molar-refractivity contribution >= 4 is 5.91 Å². The van der Waals surface area contributed by atoms with Crippen LogP contribution in [0.15, 0.2) is 24.5 Å². The van der Waals surface area contributed by atoms with Gasteiger partial charge in [-0.25, -0.2) is 0 Å². The first-order valence-corrected chi connectivity index (χ1v) is 7.52. The summed E-state index contributed by atoms with van der Waals surface area (Å²) in [7, 11) is 0. The molecule has 1 amide bonds. The van der Waals surface area contributed by atoms with Gasteiger partial charge in [-0.15, -0.1) is 0 Å². The Morgan fingerprint density at radius 3 is 2.84 bits per heavy atom. The number of nitrogens with zero attached hydrogens (tertiary/aromatic N) is 2. The van der Waals surface area contributed by atoms with Crippen LogP contribution in [0.2, 0.25) is 0 Å². The summed E-state index contributed by atoms with van der Waals surface area (Å²) in [5, 5.41) is 0. The Balaban J connectivity index is 1.55. The molecule has 0 N–H and O–H groups in total. The number of amides is 1. The largest absolute Gasteiger partial charge is 0.338 e. The van der Waals surface area contributed by atoms with Crippen molar-refractivity contribution in [1.29, 1.82) is 0 Å². The Morgan fingerprint density at radius 2 is 2.11 bits per heavy atom. The molecule has 0 radical (unpaired) electrons. The smallest absolute Gasteiger partial charge is 0.255 e. The zero-order valence-corrected chi connectivity index (χ0v) is 11.4. The van der Waals surface area contributed by atoms with Gasteiger partial charge in [0.25, 0.3) is 5.91 Å². The molecule has 19 heavy (non-hydrogen) atoms. The van der Waals surface area contributed by atoms with Crippen LogP contribution in [0, 0.1) is 11.8 Å². The predicted molar refractivity (Wildman–Crippen MR) is 74.8 cm³/mol. The standard InChI is InChI=1S/C16H22N2O/c19-16(15-6-3-8-17-11-15)18-9-7-14(12-18)10-13-4-1-2-5-13/h3,6,8,11,13-14H,1-2,4-5,7,9-10,12H2. The van der Waals surface area contributed by atoms with E-state index in [1.54, 1.807) is 12.4 Å². The molecule has 2 heterocycles. The monoisotopic (exact) mass is 258 g/mol. The first kappa shape index (κ1) is 12.6. The highest BCUT2D eigenvalue weighted by Gasteiger charge is 2.29. The van der Waals surface area contributed by atoms with E-state index >= 15 is 0 Å². The maximum Gasteiger partial charge on any atom is 0.255 e. The Kier molecular flexibility index (Phi) is 3.81. The predicted octanol–water partition coefficient (Wildman–Crippen LogP) is 3.12. The molecule has 102 valence electrons. The first-order chi connectivity index (χ1) is 9.33. The molecular formula is C16H22N2O. The fraction of sp³-hybridized carbons (Fsp3) is 0.625. The maximum atomic E-state index is 12.3. The van der Waals surface area contributed by atoms with Crippen molar-refractivity contribution in [3.63, 3.8) is 0 Å². The van der Waals surface area contributed by atoms with Crippen LogP contribution < -0.4 is 0 Å². The third-order valence-corrected chi connectivity index (χ3v) is 4.62. The van der Waals surface area contributed by atoms with Crippen molar-refractivity contribution in [3.8, 4) is 0 Å². The van der Waals surface area contributed by atoms with E-state index < -0.39 is 0 Å². The van der Waals surface area contributed by atoms with Crippen LogP contribution in [0.3, 0.4) is 0 Å². The molecule has 1 saturated carbocycles. The highest BCUT2D eigenvalue weighted by molar-refractivity contribution is 5.94. The zero-order valence-electron chi connectivity index (χ0n) is 11.4. The van der Waals surface area contributed by atoms with E-state index in [0.29, 0.717) is 0 Å². The van der Waals surface area contributed by atoms with Gasteiger partial charge in [-0.3, -0.25) is 9.78 Å². The second-order valence-corrected chi connectivity index (χ2v) is 6.03. The van der Waals surface area contributed by atoms with Crippen LogP contribution >= 0.6 is 0 Å². The van der Waals surface area contributed by atoms with Crippen LogP contribution in [-0.4, -0.2) is 28.9 Å². The number of carbonyl (C=O) groups excluding carboxylic acids is 1. The average molecular weight is 258 g/mol. The quantitative estimate of drug-likeness (QED) is 0.834. The van der Waals surface area contributed by atoms with E-state index in [1.807, 2.05) is 17.0 Å². The zero-order chi connectivity index (χ0) is 13.1. The fourth-order valence-corrected chi connectivity index (χ4v) is 3.60. The lowest BCUT2D eigenvalue weighted by Crippen LogP contribution is -2.28. The lowest BCUT2D eigenvalue weighted by Gasteiger charge is -2.18. The molecule has 3 rings (SSSR count). The molecule has 1 aliphatic heterocycles. The molecule has 2 aliphatic rings. The van der Waals surface area contributed by atoms with E-state index in [1.165, 1.54) is 38.5 Å². The highest BCUT2D eigenvalue weighted by atomic mass is 16.2. The van der Waals surface area contributed by atoms with Gasteiger partial charge in [0, 0.05) is 25.5 Å². The van der Waals surface area contributed by atoms with E-state index in [2.05, 4.69) is 4.98 Å². The van der Waals surface area contributed by atoms with Crippen LogP contribution in [0.1, 0.15) is 48.9 Å². The normalized spacial score (nSPS) is 24.0. The fourth-order valence-electron chi connectivity index (χ4n) is 3.60. The molecule has 3 nitrogen and oxygen atoms in total. The van der Waals surface area contributed by atoms with Crippen molar-refractivity contribution < 1.29 is 4.79 Å². The van der Waals surface area contributed by atoms with Crippen LogP contribution in [0.5, 0.6) is 0 Å². The number of likely N-dealkylation sites (tertiary alicyclic amines) is 1. The van der Waals surface area contributed by atoms with Gasteiger partial charge >= 0.3 is 0 Å². The van der Waals surface area contributed by atoms with Gasteiger partial charge < -0.3 is 4.90 Å². The molecule has 1 atom stereocenters. The van der Waals surface area contributed by atoms with Gasteiger partial charge in [-0.05, 0) is 36.8 Å². The Morgan fingerprint density at radius 1 is 1.26 bits per heavy atom. The van der Waals surface area contributed by atoms with Crippen molar-refractivity contribution in [2.45, 2.75) is 38.5 Å². The molecule has 3 heteroatoms. The van der Waals surface area contributed by atoms with Crippen molar-refractivity contribution in [1.82, 2.24) is 9.88 Å². The summed E-state index contributed by atoms with van der Waals surface area (Å²) in [5.74, 6) is 1.81. The van der Waals surface area contributed by atoms with Gasteiger partial charge in [0.1, 0.15) is 0 Å². The molecule has 1 aromatic rings. The number of rotatable bonds is 3. The number of hydrogen-bond donors (Lipinski definition) is 0. The molecule has 0 bridgehead atoms. The van der Waals surface area contributed by atoms with Gasteiger partial charge in [-0.2, -0.15) is 0 Å². The summed E-state index contributed by atoms with van der Waals surface area (Å²) in [6.07, 6.45) is 11.5. The Labute approximate surface area is 115 Å². The minimum atomic E-state index is 0.155. The topological polar surface area (TPSA) is 33.2 Å². The molecule has 1 saturated heterocycles. The number of pyridine rings is 1. The average Bonchev–Trinajstić information content (AvgIpc) is 3.11. The van der Waals surface area contributed by atoms with Crippen LogP contribution in [-0.2, 0) is 0 Å². The molecule has 1 aromatic heterocycles. The summed E-state index contributed by atoms with van der Waals surface area (Å²) in [6, 6.07) is 3.69. The first-order valence-electron chi connectivity index (χ1n) is 7.52. The summed E-state index contributed by atoms with van der Waals surface area (Å²) < 4.78 is 0. The number of hydrogen-bond acceptors (Lipinski definition) is 2. The van der Waals surface area contributed by atoms with Gasteiger partial charge in [-0.1, -0.05) is 25.7 Å². The second kappa shape index (κ2) is 5.72. The van der Waals surface area contributed by atoms with Crippen LogP contribution in [0.4, 0.5) is 0 Å². The molecular weight excluding hydrogens is 236 g/mol. The maximum absolute atomic E-state index is 12.3. The summed E-state index contributed by atoms with van der Waals surface area (Å²) in [6.45, 7) is 1.87. The summed E-state index contributed by atoms with van der Waals surface area (Å²) in [4.78, 5) is 18.4. The van der Waals surface area contributed by atoms with Crippen molar-refractivity contribution in [2.24, 2.45) is 11.8 Å². The molecule has 0 aromatic carbocycles. The third-order valence-electron chi connectivity index (χ3n) is 4.62. The van der Waals surface area contributed by atoms with Crippen molar-refractivity contribution in [2.75, 3.05) is 13.1 Å². The minimum Gasteiger partial charge on any atom is -0.338 e. The highest BCUT2D eigenvalue weighted by Crippen LogP contribution is 2.33. The summed E-state index contributed by atoms with van der Waals surface area (Å²) >= 11 is 0. The summed E-state index contributed by atoms with van der Waals surface area (Å²) in [5.41, 5.74) is 0.726. The lowest BCUT2D eigenvalue weighted by atomic mass is 9.93. The van der Waals surface area contributed by atoms with Crippen LogP contribution in [0.25, 0.3) is 0 Å². The lowest BCUT2D eigenvalue weighted by molar-refractivity contribution is 0.0785. The van der Waals surface area contributed by atoms with Gasteiger partial charge in [0.2, 0.25) is 0 Å². The minimum absolute atomic E-state index is 0.155. The number of carbonyl (C=O) groups is 1. The van der Waals surface area contributed by atoms with Crippen molar-refractivity contribution in [3.05, 3.63) is 30.1 Å². The second-order valence-electron chi connectivity index (χ2n) is 6.03. The van der Waals surface area contributed by atoms with Gasteiger partial charge in [0.05, 0.1) is 5.56 Å². The Bertz CT molecular complexity index is 426. The molecule has 1 aliphatic carbocycles. The molecule has 2 fully saturated rings. The molecule has 0 spiro atoms. The third kappa shape index (κ3) is 2.96. The van der Waals surface area contributed by atoms with E-state index in [9.17, 15) is 4.79 Å². The van der Waals surface area contributed by atoms with E-state index in [0.717, 1.165) is 30.5 Å². The Hall–Kier alpha value is -1.38. The van der Waals surface area contributed by atoms with E-state index in [-0.39, 0.29) is 5.91 Å². The SMILES string of the molecule is O=C(c1cccnc1)N1CCC(CC2CCCC2)C1. The number of aromatic nitrogens is 1. The van der Waals surface area contributed by atoms with Gasteiger partial charge in [0.15, 0.2) is 0 Å².